The maximum Gasteiger partial charge on any atom is 0.0458 e. The Balaban J connectivity index is 2.26. The maximum atomic E-state index is 8.72. The molecule has 118 valence electrons. The lowest BCUT2D eigenvalue weighted by molar-refractivity contribution is 0.161. The minimum atomic E-state index is 0.160. The number of hydroxylamine groups is 1. The molecule has 0 saturated carbocycles. The van der Waals surface area contributed by atoms with Crippen LogP contribution in [0.2, 0.25) is 0 Å². The molecule has 2 aromatic rings. The molecule has 0 radical (unpaired) electrons. The molecule has 0 saturated heterocycles. The van der Waals surface area contributed by atoms with Gasteiger partial charge in [0.25, 0.3) is 0 Å². The summed E-state index contributed by atoms with van der Waals surface area (Å²) in [5.74, 6) is 0. The highest BCUT2D eigenvalue weighted by molar-refractivity contribution is 5.67. The Kier molecular flexibility index (Phi) is 4.89. The number of anilines is 2. The van der Waals surface area contributed by atoms with E-state index < -0.39 is 0 Å². The second kappa shape index (κ2) is 6.51. The fraction of sp³-hybridized carbons (Fsp3) is 0.368. The van der Waals surface area contributed by atoms with Crippen LogP contribution in [0.3, 0.4) is 0 Å². The summed E-state index contributed by atoms with van der Waals surface area (Å²) >= 11 is 0. The highest BCUT2D eigenvalue weighted by atomic mass is 16.5. The van der Waals surface area contributed by atoms with Gasteiger partial charge in [0, 0.05) is 17.9 Å². The highest BCUT2D eigenvalue weighted by Gasteiger charge is 2.16. The second-order valence-corrected chi connectivity index (χ2v) is 6.89. The first-order valence-corrected chi connectivity index (χ1v) is 7.66. The van der Waals surface area contributed by atoms with Gasteiger partial charge in [0.15, 0.2) is 0 Å². The third-order valence-corrected chi connectivity index (χ3v) is 3.91. The molecule has 3 nitrogen and oxygen atoms in total. The Morgan fingerprint density at radius 3 is 1.95 bits per heavy atom. The molecule has 0 aliphatic rings. The second-order valence-electron chi connectivity index (χ2n) is 6.89. The summed E-state index contributed by atoms with van der Waals surface area (Å²) in [6.45, 7) is 11.5. The average Bonchev–Trinajstić information content (AvgIpc) is 2.43. The zero-order valence-corrected chi connectivity index (χ0v) is 14.1. The molecule has 0 fully saturated rings. The predicted molar refractivity (Wildman–Crippen MR) is 93.0 cm³/mol. The van der Waals surface area contributed by atoms with Crippen LogP contribution < -0.4 is 10.8 Å². The average molecular weight is 298 g/mol. The Hall–Kier alpha value is -1.84. The Labute approximate surface area is 133 Å². The number of hydrogen-bond acceptors (Lipinski definition) is 3. The van der Waals surface area contributed by atoms with E-state index in [-0.39, 0.29) is 5.41 Å². The highest BCUT2D eigenvalue weighted by Crippen LogP contribution is 2.31. The summed E-state index contributed by atoms with van der Waals surface area (Å²) in [4.78, 5) is 0. The Morgan fingerprint density at radius 2 is 1.50 bits per heavy atom. The van der Waals surface area contributed by atoms with Crippen LogP contribution in [0, 0.1) is 13.8 Å². The molecule has 2 rings (SSSR count). The van der Waals surface area contributed by atoms with Gasteiger partial charge in [-0.2, -0.15) is 0 Å². The van der Waals surface area contributed by atoms with Gasteiger partial charge in [0.2, 0.25) is 0 Å². The number of benzene rings is 2. The monoisotopic (exact) mass is 298 g/mol. The van der Waals surface area contributed by atoms with Crippen LogP contribution in [0.1, 0.15) is 43.0 Å². The van der Waals surface area contributed by atoms with Gasteiger partial charge in [-0.25, -0.2) is 5.48 Å². The van der Waals surface area contributed by atoms with Crippen LogP contribution in [0.25, 0.3) is 0 Å². The zero-order chi connectivity index (χ0) is 16.3. The fourth-order valence-electron chi connectivity index (χ4n) is 2.54. The SMILES string of the molecule is Cc1cc(C(C)(C)C)cc(C)c1Nc1ccc(CNO)cc1. The molecule has 0 bridgehead atoms. The Bertz CT molecular complexity index is 616. The molecule has 0 amide bonds. The first-order chi connectivity index (χ1) is 10.3. The van der Waals surface area contributed by atoms with Crippen LogP contribution in [0.15, 0.2) is 36.4 Å². The number of rotatable bonds is 4. The van der Waals surface area contributed by atoms with Gasteiger partial charge in [-0.1, -0.05) is 45.0 Å². The topological polar surface area (TPSA) is 44.3 Å². The summed E-state index contributed by atoms with van der Waals surface area (Å²) in [6, 6.07) is 12.6. The van der Waals surface area contributed by atoms with Crippen molar-refractivity contribution in [2.45, 2.75) is 46.6 Å². The van der Waals surface area contributed by atoms with E-state index >= 15 is 0 Å². The van der Waals surface area contributed by atoms with E-state index in [9.17, 15) is 0 Å². The molecule has 0 heterocycles. The molecule has 0 spiro atoms. The Morgan fingerprint density at radius 1 is 0.955 bits per heavy atom. The summed E-state index contributed by atoms with van der Waals surface area (Å²) in [6.07, 6.45) is 0. The van der Waals surface area contributed by atoms with E-state index in [2.05, 4.69) is 57.5 Å². The maximum absolute atomic E-state index is 8.72. The molecule has 0 aliphatic heterocycles. The predicted octanol–water partition coefficient (Wildman–Crippen LogP) is 4.82. The molecule has 3 heteroatoms. The van der Waals surface area contributed by atoms with Crippen molar-refractivity contribution in [2.24, 2.45) is 0 Å². The molecule has 0 aliphatic carbocycles. The summed E-state index contributed by atoms with van der Waals surface area (Å²) < 4.78 is 0. The standard InChI is InChI=1S/C19H26N2O/c1-13-10-16(19(3,4)5)11-14(2)18(13)21-17-8-6-15(7-9-17)12-20-22/h6-11,20-22H,12H2,1-5H3. The van der Waals surface area contributed by atoms with Gasteiger partial charge in [-0.3, -0.25) is 0 Å². The molecule has 3 N–H and O–H groups in total. The van der Waals surface area contributed by atoms with Crippen molar-refractivity contribution in [2.75, 3.05) is 5.32 Å². The van der Waals surface area contributed by atoms with E-state index in [0.717, 1.165) is 11.3 Å². The fourth-order valence-corrected chi connectivity index (χ4v) is 2.54. The van der Waals surface area contributed by atoms with Crippen LogP contribution in [0.4, 0.5) is 11.4 Å². The van der Waals surface area contributed by atoms with Crippen LogP contribution in [-0.2, 0) is 12.0 Å². The van der Waals surface area contributed by atoms with Crippen LogP contribution >= 0.6 is 0 Å². The van der Waals surface area contributed by atoms with E-state index in [4.69, 9.17) is 5.21 Å². The van der Waals surface area contributed by atoms with Gasteiger partial charge < -0.3 is 10.5 Å². The zero-order valence-electron chi connectivity index (χ0n) is 14.1. The number of hydrogen-bond donors (Lipinski definition) is 3. The van der Waals surface area contributed by atoms with Crippen molar-refractivity contribution < 1.29 is 5.21 Å². The minimum Gasteiger partial charge on any atom is -0.355 e. The smallest absolute Gasteiger partial charge is 0.0458 e. The lowest BCUT2D eigenvalue weighted by atomic mass is 9.85. The molecule has 0 aromatic heterocycles. The summed E-state index contributed by atoms with van der Waals surface area (Å²) in [5.41, 5.74) is 9.47. The largest absolute Gasteiger partial charge is 0.355 e. The summed E-state index contributed by atoms with van der Waals surface area (Å²) in [7, 11) is 0. The van der Waals surface area contributed by atoms with Gasteiger partial charge in [-0.15, -0.1) is 0 Å². The van der Waals surface area contributed by atoms with Crippen molar-refractivity contribution in [3.05, 3.63) is 58.7 Å². The molecular weight excluding hydrogens is 272 g/mol. The number of aryl methyl sites for hydroxylation is 2. The lowest BCUT2D eigenvalue weighted by Crippen LogP contribution is -2.12. The van der Waals surface area contributed by atoms with E-state index in [1.807, 2.05) is 24.3 Å². The number of nitrogens with one attached hydrogen (secondary N) is 2. The lowest BCUT2D eigenvalue weighted by Gasteiger charge is -2.23. The molecule has 0 atom stereocenters. The van der Waals surface area contributed by atoms with Crippen LogP contribution in [0.5, 0.6) is 0 Å². The normalized spacial score (nSPS) is 11.5. The van der Waals surface area contributed by atoms with E-state index in [1.165, 1.54) is 22.4 Å². The van der Waals surface area contributed by atoms with Gasteiger partial charge >= 0.3 is 0 Å². The van der Waals surface area contributed by atoms with Gasteiger partial charge in [-0.05, 0) is 53.6 Å². The summed E-state index contributed by atoms with van der Waals surface area (Å²) in [5, 5.41) is 12.2. The first-order valence-electron chi connectivity index (χ1n) is 7.66. The quantitative estimate of drug-likeness (QED) is 0.709. The third-order valence-electron chi connectivity index (χ3n) is 3.91. The minimum absolute atomic E-state index is 0.160. The van der Waals surface area contributed by atoms with Crippen molar-refractivity contribution in [1.82, 2.24) is 5.48 Å². The van der Waals surface area contributed by atoms with Gasteiger partial charge in [0.1, 0.15) is 0 Å². The third kappa shape index (κ3) is 3.87. The van der Waals surface area contributed by atoms with Crippen molar-refractivity contribution in [3.63, 3.8) is 0 Å². The van der Waals surface area contributed by atoms with E-state index in [1.54, 1.807) is 0 Å². The van der Waals surface area contributed by atoms with Gasteiger partial charge in [0.05, 0.1) is 0 Å². The molecule has 22 heavy (non-hydrogen) atoms. The van der Waals surface area contributed by atoms with Crippen molar-refractivity contribution in [1.29, 1.82) is 0 Å². The first kappa shape index (κ1) is 16.5. The molecular formula is C19H26N2O. The van der Waals surface area contributed by atoms with Crippen molar-refractivity contribution >= 4 is 11.4 Å². The molecule has 0 unspecified atom stereocenters. The van der Waals surface area contributed by atoms with Crippen molar-refractivity contribution in [3.8, 4) is 0 Å². The van der Waals surface area contributed by atoms with Crippen LogP contribution in [-0.4, -0.2) is 5.21 Å². The van der Waals surface area contributed by atoms with E-state index in [0.29, 0.717) is 6.54 Å². The molecule has 2 aromatic carbocycles.